The highest BCUT2D eigenvalue weighted by atomic mass is 35.5. The third kappa shape index (κ3) is 7.86. The van der Waals surface area contributed by atoms with Gasteiger partial charge < -0.3 is 15.0 Å². The van der Waals surface area contributed by atoms with Crippen LogP contribution in [0.2, 0.25) is 5.02 Å². The molecule has 0 aliphatic carbocycles. The van der Waals surface area contributed by atoms with Gasteiger partial charge in [0.05, 0.1) is 0 Å². The summed E-state index contributed by atoms with van der Waals surface area (Å²) in [5.74, 6) is 0.119. The van der Waals surface area contributed by atoms with Crippen molar-refractivity contribution in [3.8, 4) is 5.75 Å². The molecule has 1 N–H and O–H groups in total. The number of para-hydroxylation sites is 1. The highest BCUT2D eigenvalue weighted by molar-refractivity contribution is 6.31. The van der Waals surface area contributed by atoms with Gasteiger partial charge in [-0.3, -0.25) is 9.59 Å². The van der Waals surface area contributed by atoms with Crippen LogP contribution < -0.4 is 10.1 Å². The quantitative estimate of drug-likeness (QED) is 0.424. The molecule has 0 saturated carbocycles. The maximum Gasteiger partial charge on any atom is 0.261 e. The minimum absolute atomic E-state index is 0.185. The van der Waals surface area contributed by atoms with Gasteiger partial charge in [-0.1, -0.05) is 78.3 Å². The Morgan fingerprint density at radius 3 is 2.23 bits per heavy atom. The predicted molar refractivity (Wildman–Crippen MR) is 141 cm³/mol. The predicted octanol–water partition coefficient (Wildman–Crippen LogP) is 5.58. The summed E-state index contributed by atoms with van der Waals surface area (Å²) < 4.78 is 5.87. The molecule has 0 aliphatic heterocycles. The van der Waals surface area contributed by atoms with Gasteiger partial charge in [0, 0.05) is 23.5 Å². The molecule has 0 aromatic heterocycles. The zero-order chi connectivity index (χ0) is 25.4. The van der Waals surface area contributed by atoms with E-state index in [2.05, 4.69) is 5.32 Å². The lowest BCUT2D eigenvalue weighted by atomic mass is 10.0. The molecule has 6 heteroatoms. The molecule has 3 aromatic rings. The van der Waals surface area contributed by atoms with Gasteiger partial charge in [0.25, 0.3) is 5.91 Å². The molecule has 184 valence electrons. The summed E-state index contributed by atoms with van der Waals surface area (Å²) in [7, 11) is 0. The number of ether oxygens (including phenoxy) is 1. The van der Waals surface area contributed by atoms with Gasteiger partial charge >= 0.3 is 0 Å². The van der Waals surface area contributed by atoms with Crippen molar-refractivity contribution in [2.24, 2.45) is 0 Å². The van der Waals surface area contributed by atoms with Crippen molar-refractivity contribution in [2.75, 3.05) is 6.61 Å². The number of carbonyl (C=O) groups is 2. The average molecular weight is 493 g/mol. The van der Waals surface area contributed by atoms with E-state index in [-0.39, 0.29) is 25.0 Å². The summed E-state index contributed by atoms with van der Waals surface area (Å²) in [6, 6.07) is 23.8. The van der Waals surface area contributed by atoms with Crippen LogP contribution in [-0.2, 0) is 22.6 Å². The van der Waals surface area contributed by atoms with Crippen LogP contribution in [-0.4, -0.2) is 34.9 Å². The number of amides is 2. The van der Waals surface area contributed by atoms with Crippen LogP contribution >= 0.6 is 11.6 Å². The van der Waals surface area contributed by atoms with Crippen LogP contribution in [0.4, 0.5) is 0 Å². The van der Waals surface area contributed by atoms with Crippen LogP contribution in [0.3, 0.4) is 0 Å². The van der Waals surface area contributed by atoms with Crippen molar-refractivity contribution in [3.05, 3.63) is 101 Å². The topological polar surface area (TPSA) is 58.6 Å². The van der Waals surface area contributed by atoms with E-state index in [1.807, 2.05) is 100 Å². The molecule has 5 nitrogen and oxygen atoms in total. The highest BCUT2D eigenvalue weighted by Gasteiger charge is 2.32. The maximum atomic E-state index is 13.6. The van der Waals surface area contributed by atoms with E-state index in [4.69, 9.17) is 16.3 Å². The van der Waals surface area contributed by atoms with Gasteiger partial charge in [-0.2, -0.15) is 0 Å². The molecule has 0 unspecified atom stereocenters. The first-order chi connectivity index (χ1) is 16.6. The summed E-state index contributed by atoms with van der Waals surface area (Å²) in [6.07, 6.45) is 0.364. The summed E-state index contributed by atoms with van der Waals surface area (Å²) in [5, 5.41) is 3.59. The number of nitrogens with zero attached hydrogens (tertiary/aromatic N) is 1. The summed E-state index contributed by atoms with van der Waals surface area (Å²) in [5.41, 5.74) is 2.20. The molecular weight excluding hydrogens is 460 g/mol. The van der Waals surface area contributed by atoms with Crippen LogP contribution in [0.25, 0.3) is 0 Å². The number of carbonyl (C=O) groups excluding carboxylic acids is 2. The number of hydrogen-bond acceptors (Lipinski definition) is 3. The average Bonchev–Trinajstić information content (AvgIpc) is 2.81. The van der Waals surface area contributed by atoms with Crippen molar-refractivity contribution in [1.29, 1.82) is 0 Å². The number of nitrogens with one attached hydrogen (secondary N) is 1. The van der Waals surface area contributed by atoms with E-state index < -0.39 is 11.6 Å². The maximum absolute atomic E-state index is 13.6. The van der Waals surface area contributed by atoms with Crippen molar-refractivity contribution in [2.45, 2.75) is 52.2 Å². The molecular formula is C29H33ClN2O3. The molecule has 0 bridgehead atoms. The number of aryl methyl sites for hydroxylation is 1. The standard InChI is InChI=1S/C29H33ClN2O3/c1-21-12-8-11-17-26(21)35-20-27(33)32(19-23-15-9-10-16-24(23)30)25(28(34)31-29(2,3)4)18-22-13-6-5-7-14-22/h5-17,25H,18-20H2,1-4H3,(H,31,34)/t25-/m0/s1. The van der Waals surface area contributed by atoms with Crippen molar-refractivity contribution in [1.82, 2.24) is 10.2 Å². The normalized spacial score (nSPS) is 12.0. The first-order valence-corrected chi connectivity index (χ1v) is 12.1. The van der Waals surface area contributed by atoms with E-state index in [1.54, 1.807) is 11.0 Å². The largest absolute Gasteiger partial charge is 0.484 e. The van der Waals surface area contributed by atoms with Gasteiger partial charge in [0.2, 0.25) is 5.91 Å². The second kappa shape index (κ2) is 11.9. The minimum Gasteiger partial charge on any atom is -0.484 e. The van der Waals surface area contributed by atoms with Gasteiger partial charge in [0.15, 0.2) is 6.61 Å². The lowest BCUT2D eigenvalue weighted by Gasteiger charge is -2.34. The van der Waals surface area contributed by atoms with Crippen molar-refractivity contribution < 1.29 is 14.3 Å². The Balaban J connectivity index is 1.95. The fraction of sp³-hybridized carbons (Fsp3) is 0.310. The van der Waals surface area contributed by atoms with E-state index >= 15 is 0 Å². The lowest BCUT2D eigenvalue weighted by molar-refractivity contribution is -0.143. The van der Waals surface area contributed by atoms with E-state index in [1.165, 1.54) is 0 Å². The Hall–Kier alpha value is -3.31. The van der Waals surface area contributed by atoms with Crippen LogP contribution in [0.5, 0.6) is 5.75 Å². The zero-order valence-electron chi connectivity index (χ0n) is 20.8. The van der Waals surface area contributed by atoms with E-state index in [0.717, 1.165) is 16.7 Å². The summed E-state index contributed by atoms with van der Waals surface area (Å²) in [4.78, 5) is 28.7. The first-order valence-electron chi connectivity index (χ1n) is 11.7. The van der Waals surface area contributed by atoms with E-state index in [9.17, 15) is 9.59 Å². The molecule has 3 aromatic carbocycles. The van der Waals surface area contributed by atoms with Gasteiger partial charge in [-0.25, -0.2) is 0 Å². The number of rotatable bonds is 9. The fourth-order valence-corrected chi connectivity index (χ4v) is 3.95. The number of hydrogen-bond donors (Lipinski definition) is 1. The smallest absolute Gasteiger partial charge is 0.261 e. The van der Waals surface area contributed by atoms with Crippen LogP contribution in [0, 0.1) is 6.92 Å². The Kier molecular flexibility index (Phi) is 8.94. The van der Waals surface area contributed by atoms with Crippen molar-refractivity contribution in [3.63, 3.8) is 0 Å². The molecule has 0 heterocycles. The lowest BCUT2D eigenvalue weighted by Crippen LogP contribution is -2.55. The molecule has 0 saturated heterocycles. The van der Waals surface area contributed by atoms with E-state index in [0.29, 0.717) is 17.2 Å². The number of benzene rings is 3. The Labute approximate surface area is 213 Å². The Bertz CT molecular complexity index is 1140. The third-order valence-electron chi connectivity index (χ3n) is 5.51. The molecule has 1 atom stereocenters. The SMILES string of the molecule is Cc1ccccc1OCC(=O)N(Cc1ccccc1Cl)[C@@H](Cc1ccccc1)C(=O)NC(C)(C)C. The molecule has 2 amide bonds. The van der Waals surface area contributed by atoms with Crippen LogP contribution in [0.1, 0.15) is 37.5 Å². The van der Waals surface area contributed by atoms with Gasteiger partial charge in [0.1, 0.15) is 11.8 Å². The zero-order valence-corrected chi connectivity index (χ0v) is 21.5. The second-order valence-corrected chi connectivity index (χ2v) is 10.0. The molecule has 3 rings (SSSR count). The summed E-state index contributed by atoms with van der Waals surface area (Å²) >= 11 is 6.45. The molecule has 0 radical (unpaired) electrons. The Morgan fingerprint density at radius 1 is 0.943 bits per heavy atom. The second-order valence-electron chi connectivity index (χ2n) is 9.61. The molecule has 0 spiro atoms. The number of halogens is 1. The first kappa shape index (κ1) is 26.3. The summed E-state index contributed by atoms with van der Waals surface area (Å²) in [6.45, 7) is 7.69. The third-order valence-corrected chi connectivity index (χ3v) is 5.88. The van der Waals surface area contributed by atoms with Crippen molar-refractivity contribution >= 4 is 23.4 Å². The Morgan fingerprint density at radius 2 is 1.57 bits per heavy atom. The fourth-order valence-electron chi connectivity index (χ4n) is 3.76. The highest BCUT2D eigenvalue weighted by Crippen LogP contribution is 2.22. The molecule has 0 aliphatic rings. The van der Waals surface area contributed by atoms with Gasteiger partial charge in [-0.05, 0) is 56.5 Å². The molecule has 35 heavy (non-hydrogen) atoms. The van der Waals surface area contributed by atoms with Gasteiger partial charge in [-0.15, -0.1) is 0 Å². The molecule has 0 fully saturated rings. The minimum atomic E-state index is -0.749. The van der Waals surface area contributed by atoms with Crippen LogP contribution in [0.15, 0.2) is 78.9 Å². The monoisotopic (exact) mass is 492 g/mol.